The minimum absolute atomic E-state index is 0.0366. The number of fused-ring (bicyclic) bond motifs is 2. The summed E-state index contributed by atoms with van der Waals surface area (Å²) in [7, 11) is 0. The van der Waals surface area contributed by atoms with Gasteiger partial charge in [-0.25, -0.2) is 9.78 Å². The lowest BCUT2D eigenvalue weighted by atomic mass is 10.1. The summed E-state index contributed by atoms with van der Waals surface area (Å²) in [6.07, 6.45) is 2.97. The standard InChI is InChI=1S/C22H24N6O3/c29-19-14-15-4-3-7-18(15)25-28(19)13-10-26-8-11-27(12-9-26)22(31)20-16-5-1-2-6-17(16)21(30)24-23-20/h1-2,5-6,14H,3-4,7-13H2,(H,24,30). The Kier molecular flexibility index (Phi) is 5.11. The molecule has 160 valence electrons. The van der Waals surface area contributed by atoms with Crippen LogP contribution in [0.25, 0.3) is 10.8 Å². The quantitative estimate of drug-likeness (QED) is 0.656. The molecule has 1 amide bonds. The number of nitrogens with one attached hydrogen (secondary N) is 1. The van der Waals surface area contributed by atoms with E-state index in [2.05, 4.69) is 20.2 Å². The number of carbonyl (C=O) groups is 1. The first kappa shape index (κ1) is 19.6. The Bertz CT molecular complexity index is 1260. The number of nitrogens with zero attached hydrogens (tertiary/aromatic N) is 5. The van der Waals surface area contributed by atoms with Crippen LogP contribution in [0.1, 0.15) is 28.2 Å². The van der Waals surface area contributed by atoms with Crippen molar-refractivity contribution in [2.45, 2.75) is 25.8 Å². The lowest BCUT2D eigenvalue weighted by Gasteiger charge is -2.34. The first-order valence-electron chi connectivity index (χ1n) is 10.7. The van der Waals surface area contributed by atoms with Gasteiger partial charge in [0.1, 0.15) is 0 Å². The molecule has 0 saturated carbocycles. The molecule has 2 aliphatic rings. The molecule has 0 atom stereocenters. The molecule has 1 saturated heterocycles. The molecule has 1 fully saturated rings. The fourth-order valence-corrected chi connectivity index (χ4v) is 4.44. The Morgan fingerprint density at radius 2 is 1.77 bits per heavy atom. The summed E-state index contributed by atoms with van der Waals surface area (Å²) in [6, 6.07) is 8.74. The van der Waals surface area contributed by atoms with Crippen molar-refractivity contribution in [2.24, 2.45) is 0 Å². The van der Waals surface area contributed by atoms with Crippen molar-refractivity contribution in [3.8, 4) is 0 Å². The highest BCUT2D eigenvalue weighted by Gasteiger charge is 2.25. The number of benzene rings is 1. The van der Waals surface area contributed by atoms with Crippen molar-refractivity contribution in [3.05, 3.63) is 68.0 Å². The third-order valence-corrected chi connectivity index (χ3v) is 6.21. The van der Waals surface area contributed by atoms with E-state index in [9.17, 15) is 14.4 Å². The maximum Gasteiger partial charge on any atom is 0.275 e. The van der Waals surface area contributed by atoms with Gasteiger partial charge in [-0.2, -0.15) is 10.2 Å². The second-order valence-electron chi connectivity index (χ2n) is 8.11. The molecular weight excluding hydrogens is 396 g/mol. The maximum atomic E-state index is 13.0. The summed E-state index contributed by atoms with van der Waals surface area (Å²) < 4.78 is 1.57. The third kappa shape index (κ3) is 3.76. The van der Waals surface area contributed by atoms with Crippen LogP contribution in [0.3, 0.4) is 0 Å². The molecule has 1 N–H and O–H groups in total. The van der Waals surface area contributed by atoms with Crippen molar-refractivity contribution in [3.63, 3.8) is 0 Å². The number of aromatic nitrogens is 4. The van der Waals surface area contributed by atoms with Gasteiger partial charge in [0, 0.05) is 44.2 Å². The van der Waals surface area contributed by atoms with Crippen LogP contribution in [0.5, 0.6) is 0 Å². The predicted molar refractivity (Wildman–Crippen MR) is 115 cm³/mol. The van der Waals surface area contributed by atoms with E-state index in [1.54, 1.807) is 39.9 Å². The van der Waals surface area contributed by atoms with Gasteiger partial charge in [0.05, 0.1) is 17.6 Å². The maximum absolute atomic E-state index is 13.0. The topological polar surface area (TPSA) is 104 Å². The third-order valence-electron chi connectivity index (χ3n) is 6.21. The lowest BCUT2D eigenvalue weighted by Crippen LogP contribution is -2.50. The minimum atomic E-state index is -0.299. The monoisotopic (exact) mass is 420 g/mol. The summed E-state index contributed by atoms with van der Waals surface area (Å²) in [4.78, 5) is 41.3. The number of hydrogen-bond donors (Lipinski definition) is 1. The van der Waals surface area contributed by atoms with Gasteiger partial charge in [-0.15, -0.1) is 0 Å². The van der Waals surface area contributed by atoms with Crippen LogP contribution in [-0.4, -0.2) is 68.4 Å². The summed E-state index contributed by atoms with van der Waals surface area (Å²) in [6.45, 7) is 3.83. The molecule has 9 heteroatoms. The number of piperazine rings is 1. The van der Waals surface area contributed by atoms with Crippen molar-refractivity contribution >= 4 is 16.7 Å². The number of carbonyl (C=O) groups excluding carboxylic acids is 1. The largest absolute Gasteiger partial charge is 0.335 e. The van der Waals surface area contributed by atoms with E-state index in [1.807, 2.05) is 0 Å². The van der Waals surface area contributed by atoms with E-state index in [4.69, 9.17) is 0 Å². The average molecular weight is 420 g/mol. The van der Waals surface area contributed by atoms with Crippen LogP contribution < -0.4 is 11.1 Å². The summed E-state index contributed by atoms with van der Waals surface area (Å²) in [5, 5.41) is 12.0. The summed E-state index contributed by atoms with van der Waals surface area (Å²) in [5.41, 5.74) is 2.09. The van der Waals surface area contributed by atoms with E-state index in [1.165, 1.54) is 0 Å². The average Bonchev–Trinajstić information content (AvgIpc) is 3.25. The Hall–Kier alpha value is -3.33. The minimum Gasteiger partial charge on any atom is -0.335 e. The summed E-state index contributed by atoms with van der Waals surface area (Å²) in [5.74, 6) is -0.177. The molecule has 1 aliphatic heterocycles. The zero-order chi connectivity index (χ0) is 21.4. The number of hydrogen-bond acceptors (Lipinski definition) is 6. The van der Waals surface area contributed by atoms with Gasteiger partial charge in [-0.1, -0.05) is 18.2 Å². The van der Waals surface area contributed by atoms with Crippen molar-refractivity contribution in [1.29, 1.82) is 0 Å². The van der Waals surface area contributed by atoms with Crippen LogP contribution in [0.2, 0.25) is 0 Å². The van der Waals surface area contributed by atoms with Gasteiger partial charge >= 0.3 is 0 Å². The van der Waals surface area contributed by atoms with Gasteiger partial charge in [0.25, 0.3) is 17.0 Å². The van der Waals surface area contributed by atoms with Gasteiger partial charge < -0.3 is 4.90 Å². The van der Waals surface area contributed by atoms with Crippen molar-refractivity contribution in [2.75, 3.05) is 32.7 Å². The van der Waals surface area contributed by atoms with E-state index < -0.39 is 0 Å². The van der Waals surface area contributed by atoms with E-state index in [0.29, 0.717) is 50.0 Å². The molecule has 5 rings (SSSR count). The molecule has 0 spiro atoms. The van der Waals surface area contributed by atoms with Gasteiger partial charge in [0.15, 0.2) is 5.69 Å². The smallest absolute Gasteiger partial charge is 0.275 e. The Balaban J connectivity index is 1.22. The lowest BCUT2D eigenvalue weighted by molar-refractivity contribution is 0.0626. The van der Waals surface area contributed by atoms with Gasteiger partial charge in [0.2, 0.25) is 0 Å². The highest BCUT2D eigenvalue weighted by Crippen LogP contribution is 2.17. The first-order valence-corrected chi connectivity index (χ1v) is 10.7. The molecule has 1 aromatic carbocycles. The second-order valence-corrected chi connectivity index (χ2v) is 8.11. The Labute approximate surface area is 178 Å². The van der Waals surface area contributed by atoms with E-state index in [0.717, 1.165) is 30.5 Å². The van der Waals surface area contributed by atoms with Crippen LogP contribution in [-0.2, 0) is 19.4 Å². The number of rotatable bonds is 4. The fraction of sp³-hybridized carbons (Fsp3) is 0.409. The zero-order valence-corrected chi connectivity index (χ0v) is 17.2. The molecule has 0 unspecified atom stereocenters. The van der Waals surface area contributed by atoms with Crippen LogP contribution in [0.15, 0.2) is 39.9 Å². The zero-order valence-electron chi connectivity index (χ0n) is 17.2. The molecule has 1 aliphatic carbocycles. The second kappa shape index (κ2) is 8.07. The van der Waals surface area contributed by atoms with Gasteiger partial charge in [-0.05, 0) is 30.9 Å². The van der Waals surface area contributed by atoms with Crippen LogP contribution in [0, 0.1) is 0 Å². The molecule has 2 aromatic heterocycles. The number of aryl methyl sites for hydroxylation is 2. The molecule has 3 aromatic rings. The van der Waals surface area contributed by atoms with Crippen molar-refractivity contribution < 1.29 is 4.79 Å². The number of amides is 1. The Morgan fingerprint density at radius 3 is 2.58 bits per heavy atom. The summed E-state index contributed by atoms with van der Waals surface area (Å²) >= 11 is 0. The number of aromatic amines is 1. The molecule has 0 radical (unpaired) electrons. The van der Waals surface area contributed by atoms with Gasteiger partial charge in [-0.3, -0.25) is 19.3 Å². The normalized spacial score (nSPS) is 16.6. The number of H-pyrrole nitrogens is 1. The fourth-order valence-electron chi connectivity index (χ4n) is 4.44. The van der Waals surface area contributed by atoms with Crippen molar-refractivity contribution in [1.82, 2.24) is 29.8 Å². The molecule has 31 heavy (non-hydrogen) atoms. The molecule has 0 bridgehead atoms. The molecule has 9 nitrogen and oxygen atoms in total. The van der Waals surface area contributed by atoms with E-state index in [-0.39, 0.29) is 22.7 Å². The first-order chi connectivity index (χ1) is 15.1. The van der Waals surface area contributed by atoms with E-state index >= 15 is 0 Å². The van der Waals surface area contributed by atoms with Crippen LogP contribution >= 0.6 is 0 Å². The Morgan fingerprint density at radius 1 is 1.00 bits per heavy atom. The molecule has 3 heterocycles. The SMILES string of the molecule is O=C(c1n[nH]c(=O)c2ccccc12)N1CCN(CCn2nc3c(cc2=O)CCC3)CC1. The molecular formula is C22H24N6O3. The predicted octanol–water partition coefficient (Wildman–Crippen LogP) is 0.426. The van der Waals surface area contributed by atoms with Crippen LogP contribution in [0.4, 0.5) is 0 Å². The highest BCUT2D eigenvalue weighted by atomic mass is 16.2. The highest BCUT2D eigenvalue weighted by molar-refractivity contribution is 6.04.